The molecule has 1 saturated carbocycles. The Hall–Kier alpha value is -1.84. The van der Waals surface area contributed by atoms with E-state index >= 15 is 0 Å². The first-order valence-corrected chi connectivity index (χ1v) is 9.24. The van der Waals surface area contributed by atoms with Gasteiger partial charge in [-0.2, -0.15) is 0 Å². The van der Waals surface area contributed by atoms with Crippen molar-refractivity contribution >= 4 is 11.8 Å². The lowest BCUT2D eigenvalue weighted by atomic mass is 10.0. The van der Waals surface area contributed by atoms with Crippen LogP contribution in [0.4, 0.5) is 0 Å². The molecule has 4 nitrogen and oxygen atoms in total. The molecule has 0 spiro atoms. The van der Waals surface area contributed by atoms with Gasteiger partial charge in [0.15, 0.2) is 0 Å². The van der Waals surface area contributed by atoms with Crippen molar-refractivity contribution in [3.8, 4) is 0 Å². The predicted octanol–water partition coefficient (Wildman–Crippen LogP) is 3.01. The molecule has 4 heteroatoms. The molecular formula is C20H28N2O2. The van der Waals surface area contributed by atoms with Gasteiger partial charge >= 0.3 is 0 Å². The molecule has 1 heterocycles. The Morgan fingerprint density at radius 2 is 2.17 bits per heavy atom. The first kappa shape index (κ1) is 17.0. The van der Waals surface area contributed by atoms with Crippen LogP contribution in [0.3, 0.4) is 0 Å². The minimum atomic E-state index is 0.125. The summed E-state index contributed by atoms with van der Waals surface area (Å²) >= 11 is 0. The third-order valence-electron chi connectivity index (χ3n) is 5.51. The molecule has 2 fully saturated rings. The number of carbonyl (C=O) groups excluding carboxylic acids is 2. The highest BCUT2D eigenvalue weighted by Gasteiger charge is 2.44. The second-order valence-electron chi connectivity index (χ2n) is 7.14. The number of nitrogens with zero attached hydrogens (tertiary/aromatic N) is 1. The number of hydrogen-bond donors (Lipinski definition) is 1. The van der Waals surface area contributed by atoms with Crippen LogP contribution < -0.4 is 5.32 Å². The van der Waals surface area contributed by atoms with E-state index < -0.39 is 0 Å². The van der Waals surface area contributed by atoms with Crippen molar-refractivity contribution in [1.82, 2.24) is 10.2 Å². The summed E-state index contributed by atoms with van der Waals surface area (Å²) in [6.07, 6.45) is 4.43. The van der Waals surface area contributed by atoms with Crippen LogP contribution in [-0.2, 0) is 9.59 Å². The predicted molar refractivity (Wildman–Crippen MR) is 94.7 cm³/mol. The number of aryl methyl sites for hydroxylation is 1. The minimum Gasteiger partial charge on any atom is -0.356 e. The maximum atomic E-state index is 12.4. The van der Waals surface area contributed by atoms with Crippen molar-refractivity contribution in [3.05, 3.63) is 35.4 Å². The zero-order valence-corrected chi connectivity index (χ0v) is 14.8. The van der Waals surface area contributed by atoms with Crippen LogP contribution in [0.15, 0.2) is 24.3 Å². The number of rotatable bonds is 7. The fraction of sp³-hybridized carbons (Fsp3) is 0.600. The average molecular weight is 328 g/mol. The summed E-state index contributed by atoms with van der Waals surface area (Å²) < 4.78 is 0. The zero-order valence-electron chi connectivity index (χ0n) is 14.8. The molecule has 0 bridgehead atoms. The molecule has 1 aliphatic heterocycles. The lowest BCUT2D eigenvalue weighted by molar-refractivity contribution is -0.129. The van der Waals surface area contributed by atoms with Crippen molar-refractivity contribution in [3.63, 3.8) is 0 Å². The molecule has 130 valence electrons. The standard InChI is InChI=1S/C20H28N2O2/c1-3-15(22-12-6-9-19(22)23)10-11-21-20(24)18-13-17(18)16-8-5-4-7-14(16)2/h4-5,7-8,15,17-18H,3,6,9-13H2,1-2H3,(H,21,24)/t15-,17-,18+/m1/s1. The highest BCUT2D eigenvalue weighted by molar-refractivity contribution is 5.83. The van der Waals surface area contributed by atoms with Crippen LogP contribution in [0.5, 0.6) is 0 Å². The van der Waals surface area contributed by atoms with Crippen molar-refractivity contribution in [2.24, 2.45) is 5.92 Å². The fourth-order valence-corrected chi connectivity index (χ4v) is 3.96. The van der Waals surface area contributed by atoms with E-state index in [1.54, 1.807) is 0 Å². The summed E-state index contributed by atoms with van der Waals surface area (Å²) in [6, 6.07) is 8.61. The molecule has 1 aliphatic carbocycles. The average Bonchev–Trinajstić information content (AvgIpc) is 3.27. The molecule has 1 aromatic rings. The van der Waals surface area contributed by atoms with Gasteiger partial charge in [0, 0.05) is 31.5 Å². The summed E-state index contributed by atoms with van der Waals surface area (Å²) in [5, 5.41) is 3.09. The molecule has 0 radical (unpaired) electrons. The van der Waals surface area contributed by atoms with Gasteiger partial charge < -0.3 is 10.2 Å². The van der Waals surface area contributed by atoms with Crippen LogP contribution in [-0.4, -0.2) is 35.8 Å². The van der Waals surface area contributed by atoms with E-state index in [4.69, 9.17) is 0 Å². The first-order chi connectivity index (χ1) is 11.6. The molecule has 2 amide bonds. The van der Waals surface area contributed by atoms with Gasteiger partial charge in [-0.05, 0) is 49.7 Å². The quantitative estimate of drug-likeness (QED) is 0.836. The molecule has 1 saturated heterocycles. The van der Waals surface area contributed by atoms with E-state index in [-0.39, 0.29) is 23.8 Å². The van der Waals surface area contributed by atoms with E-state index in [0.717, 1.165) is 32.2 Å². The maximum absolute atomic E-state index is 12.4. The summed E-state index contributed by atoms with van der Waals surface area (Å²) in [5.74, 6) is 0.953. The van der Waals surface area contributed by atoms with Crippen LogP contribution in [0, 0.1) is 12.8 Å². The summed E-state index contributed by atoms with van der Waals surface area (Å²) in [5.41, 5.74) is 2.59. The Bertz CT molecular complexity index is 613. The number of benzene rings is 1. The Kier molecular flexibility index (Phi) is 5.22. The van der Waals surface area contributed by atoms with Crippen molar-refractivity contribution in [2.45, 2.75) is 57.9 Å². The fourth-order valence-electron chi connectivity index (χ4n) is 3.96. The lowest BCUT2D eigenvalue weighted by Crippen LogP contribution is -2.39. The van der Waals surface area contributed by atoms with E-state index in [2.05, 4.69) is 37.4 Å². The Balaban J connectivity index is 1.45. The second kappa shape index (κ2) is 7.37. The van der Waals surface area contributed by atoms with Gasteiger partial charge in [-0.1, -0.05) is 31.2 Å². The third kappa shape index (κ3) is 3.63. The van der Waals surface area contributed by atoms with Gasteiger partial charge in [-0.25, -0.2) is 0 Å². The zero-order chi connectivity index (χ0) is 17.1. The minimum absolute atomic E-state index is 0.125. The van der Waals surface area contributed by atoms with Crippen molar-refractivity contribution in [1.29, 1.82) is 0 Å². The van der Waals surface area contributed by atoms with Gasteiger partial charge in [0.05, 0.1) is 0 Å². The summed E-state index contributed by atoms with van der Waals surface area (Å²) in [4.78, 5) is 26.2. The summed E-state index contributed by atoms with van der Waals surface area (Å²) in [7, 11) is 0. The van der Waals surface area contributed by atoms with E-state index in [9.17, 15) is 9.59 Å². The molecule has 24 heavy (non-hydrogen) atoms. The molecule has 0 aromatic heterocycles. The largest absolute Gasteiger partial charge is 0.356 e. The molecule has 2 aliphatic rings. The van der Waals surface area contributed by atoms with E-state index in [1.165, 1.54) is 11.1 Å². The summed E-state index contributed by atoms with van der Waals surface area (Å²) in [6.45, 7) is 5.77. The Morgan fingerprint density at radius 3 is 2.83 bits per heavy atom. The van der Waals surface area contributed by atoms with Gasteiger partial charge in [-0.15, -0.1) is 0 Å². The van der Waals surface area contributed by atoms with Crippen LogP contribution >= 0.6 is 0 Å². The number of hydrogen-bond acceptors (Lipinski definition) is 2. The molecule has 3 atom stereocenters. The van der Waals surface area contributed by atoms with Gasteiger partial charge in [-0.3, -0.25) is 9.59 Å². The smallest absolute Gasteiger partial charge is 0.223 e. The monoisotopic (exact) mass is 328 g/mol. The SMILES string of the molecule is CC[C@H](CCNC(=O)[C@H]1C[C@@H]1c1ccccc1C)N1CCCC1=O. The normalized spacial score (nSPS) is 24.1. The molecule has 1 N–H and O–H groups in total. The third-order valence-corrected chi connectivity index (χ3v) is 5.51. The number of carbonyl (C=O) groups is 2. The Morgan fingerprint density at radius 1 is 1.38 bits per heavy atom. The molecule has 3 rings (SSSR count). The molecule has 1 aromatic carbocycles. The Labute approximate surface area is 144 Å². The van der Waals surface area contributed by atoms with Crippen molar-refractivity contribution < 1.29 is 9.59 Å². The first-order valence-electron chi connectivity index (χ1n) is 9.24. The number of amides is 2. The van der Waals surface area contributed by atoms with E-state index in [0.29, 0.717) is 18.9 Å². The van der Waals surface area contributed by atoms with Crippen LogP contribution in [0.2, 0.25) is 0 Å². The van der Waals surface area contributed by atoms with E-state index in [1.807, 2.05) is 11.0 Å². The lowest BCUT2D eigenvalue weighted by Gasteiger charge is -2.26. The number of nitrogens with one attached hydrogen (secondary N) is 1. The van der Waals surface area contributed by atoms with Gasteiger partial charge in [0.2, 0.25) is 11.8 Å². The maximum Gasteiger partial charge on any atom is 0.223 e. The second-order valence-corrected chi connectivity index (χ2v) is 7.14. The van der Waals surface area contributed by atoms with Crippen molar-refractivity contribution in [2.75, 3.05) is 13.1 Å². The number of likely N-dealkylation sites (tertiary alicyclic amines) is 1. The van der Waals surface area contributed by atoms with Crippen LogP contribution in [0.1, 0.15) is 56.1 Å². The highest BCUT2D eigenvalue weighted by atomic mass is 16.2. The van der Waals surface area contributed by atoms with Gasteiger partial charge in [0.1, 0.15) is 0 Å². The van der Waals surface area contributed by atoms with Crippen LogP contribution in [0.25, 0.3) is 0 Å². The molecule has 0 unspecified atom stereocenters. The van der Waals surface area contributed by atoms with Gasteiger partial charge in [0.25, 0.3) is 0 Å². The topological polar surface area (TPSA) is 49.4 Å². The molecular weight excluding hydrogens is 300 g/mol. The highest BCUT2D eigenvalue weighted by Crippen LogP contribution is 2.48.